The van der Waals surface area contributed by atoms with Crippen molar-refractivity contribution in [3.8, 4) is 0 Å². The molecule has 3 aromatic rings. The summed E-state index contributed by atoms with van der Waals surface area (Å²) >= 11 is 0. The van der Waals surface area contributed by atoms with Crippen molar-refractivity contribution < 1.29 is 14.4 Å². The van der Waals surface area contributed by atoms with Crippen molar-refractivity contribution in [1.29, 1.82) is 0 Å². The summed E-state index contributed by atoms with van der Waals surface area (Å²) in [4.78, 5) is 44.8. The number of anilines is 2. The van der Waals surface area contributed by atoms with Crippen LogP contribution in [0.1, 0.15) is 30.1 Å². The van der Waals surface area contributed by atoms with Crippen molar-refractivity contribution in [1.82, 2.24) is 4.98 Å². The van der Waals surface area contributed by atoms with Crippen LogP contribution in [0.5, 0.6) is 0 Å². The number of amides is 3. The molecule has 5 atom stereocenters. The fraction of sp³-hybridized carbons (Fsp3) is 0.308. The zero-order valence-corrected chi connectivity index (χ0v) is 17.7. The maximum atomic E-state index is 13.1. The average molecular weight is 425 g/mol. The monoisotopic (exact) mass is 425 g/mol. The van der Waals surface area contributed by atoms with Gasteiger partial charge in [0.25, 0.3) is 5.91 Å². The highest BCUT2D eigenvalue weighted by atomic mass is 16.2. The van der Waals surface area contributed by atoms with E-state index in [2.05, 4.69) is 17.2 Å². The number of para-hydroxylation sites is 1. The number of fused-ring (bicyclic) bond motifs is 6. The molecule has 2 bridgehead atoms. The van der Waals surface area contributed by atoms with Crippen molar-refractivity contribution in [3.63, 3.8) is 0 Å². The molecule has 1 aliphatic heterocycles. The number of nitrogens with one attached hydrogen (secondary N) is 1. The predicted molar refractivity (Wildman–Crippen MR) is 121 cm³/mol. The van der Waals surface area contributed by atoms with Crippen molar-refractivity contribution >= 4 is 40.0 Å². The normalized spacial score (nSPS) is 28.4. The minimum Gasteiger partial charge on any atom is -0.320 e. The molecule has 3 amide bonds. The third-order valence-corrected chi connectivity index (χ3v) is 7.62. The average Bonchev–Trinajstić information content (AvgIpc) is 3.44. The summed E-state index contributed by atoms with van der Waals surface area (Å²) in [6.45, 7) is 2.19. The molecule has 1 aromatic heterocycles. The molecule has 3 fully saturated rings. The molecule has 2 aromatic carbocycles. The van der Waals surface area contributed by atoms with Gasteiger partial charge in [0.05, 0.1) is 28.7 Å². The highest BCUT2D eigenvalue weighted by Gasteiger charge is 2.63. The van der Waals surface area contributed by atoms with E-state index in [9.17, 15) is 14.4 Å². The van der Waals surface area contributed by atoms with Crippen molar-refractivity contribution in [3.05, 3.63) is 66.4 Å². The Morgan fingerprint density at radius 1 is 0.969 bits per heavy atom. The molecule has 2 saturated carbocycles. The number of pyridine rings is 1. The second-order valence-electron chi connectivity index (χ2n) is 9.32. The SMILES string of the molecule is CC1C[C@H]2C[C@@H]1[C@H]1C(=O)N(c3ccc(C(=O)Nc4cccc5cccnc45)cc3)C(=O)[C@@H]21. The van der Waals surface area contributed by atoms with E-state index < -0.39 is 0 Å². The van der Waals surface area contributed by atoms with E-state index in [1.807, 2.05) is 30.3 Å². The van der Waals surface area contributed by atoms with Crippen LogP contribution in [0.15, 0.2) is 60.8 Å². The number of carbonyl (C=O) groups is 3. The maximum Gasteiger partial charge on any atom is 0.255 e. The molecule has 0 spiro atoms. The molecule has 1 unspecified atom stereocenters. The molecule has 1 N–H and O–H groups in total. The molecular formula is C26H23N3O3. The first-order valence-electron chi connectivity index (χ1n) is 11.2. The molecule has 6 heteroatoms. The van der Waals surface area contributed by atoms with E-state index >= 15 is 0 Å². The van der Waals surface area contributed by atoms with Crippen LogP contribution in [-0.4, -0.2) is 22.7 Å². The summed E-state index contributed by atoms with van der Waals surface area (Å²) in [7, 11) is 0. The lowest BCUT2D eigenvalue weighted by Crippen LogP contribution is -2.33. The van der Waals surface area contributed by atoms with Gasteiger partial charge < -0.3 is 5.32 Å². The van der Waals surface area contributed by atoms with Gasteiger partial charge in [-0.1, -0.05) is 25.1 Å². The minimum absolute atomic E-state index is 0.0709. The van der Waals surface area contributed by atoms with Crippen LogP contribution in [0, 0.1) is 29.6 Å². The van der Waals surface area contributed by atoms with Gasteiger partial charge >= 0.3 is 0 Å². The van der Waals surface area contributed by atoms with E-state index in [0.29, 0.717) is 34.7 Å². The number of aromatic nitrogens is 1. The van der Waals surface area contributed by atoms with Crippen LogP contribution in [0.25, 0.3) is 10.9 Å². The Labute approximate surface area is 185 Å². The van der Waals surface area contributed by atoms with Crippen LogP contribution in [-0.2, 0) is 9.59 Å². The molecule has 1 saturated heterocycles. The third-order valence-electron chi connectivity index (χ3n) is 7.62. The number of hydrogen-bond donors (Lipinski definition) is 1. The summed E-state index contributed by atoms with van der Waals surface area (Å²) in [6, 6.07) is 16.1. The number of imide groups is 1. The Balaban J connectivity index is 1.23. The largest absolute Gasteiger partial charge is 0.320 e. The molecule has 2 aliphatic carbocycles. The lowest BCUT2D eigenvalue weighted by molar-refractivity contribution is -0.123. The smallest absolute Gasteiger partial charge is 0.255 e. The van der Waals surface area contributed by atoms with Gasteiger partial charge in [0, 0.05) is 17.1 Å². The Hall–Kier alpha value is -3.54. The second-order valence-corrected chi connectivity index (χ2v) is 9.32. The molecule has 6 rings (SSSR count). The predicted octanol–water partition coefficient (Wildman–Crippen LogP) is 4.27. The molecule has 0 radical (unpaired) electrons. The molecule has 6 nitrogen and oxygen atoms in total. The Kier molecular flexibility index (Phi) is 4.18. The van der Waals surface area contributed by atoms with Crippen molar-refractivity contribution in [2.75, 3.05) is 10.2 Å². The van der Waals surface area contributed by atoms with Gasteiger partial charge in [0.15, 0.2) is 0 Å². The topological polar surface area (TPSA) is 79.4 Å². The van der Waals surface area contributed by atoms with Gasteiger partial charge in [-0.15, -0.1) is 0 Å². The van der Waals surface area contributed by atoms with Crippen LogP contribution in [0.3, 0.4) is 0 Å². The lowest BCUT2D eigenvalue weighted by Gasteiger charge is -2.25. The van der Waals surface area contributed by atoms with Gasteiger partial charge in [-0.05, 0) is 67.0 Å². The second kappa shape index (κ2) is 6.99. The van der Waals surface area contributed by atoms with E-state index in [1.54, 1.807) is 30.5 Å². The van der Waals surface area contributed by atoms with E-state index in [4.69, 9.17) is 0 Å². The molecule has 32 heavy (non-hydrogen) atoms. The van der Waals surface area contributed by atoms with Crippen molar-refractivity contribution in [2.24, 2.45) is 29.6 Å². The number of nitrogens with zero attached hydrogens (tertiary/aromatic N) is 2. The number of hydrogen-bond acceptors (Lipinski definition) is 4. The van der Waals surface area contributed by atoms with Crippen molar-refractivity contribution in [2.45, 2.75) is 19.8 Å². The summed E-state index contributed by atoms with van der Waals surface area (Å²) in [5, 5.41) is 3.86. The first-order chi connectivity index (χ1) is 15.5. The maximum absolute atomic E-state index is 13.1. The quantitative estimate of drug-likeness (QED) is 0.636. The van der Waals surface area contributed by atoms with E-state index in [0.717, 1.165) is 23.7 Å². The van der Waals surface area contributed by atoms with Gasteiger partial charge in [-0.25, -0.2) is 0 Å². The Morgan fingerprint density at radius 2 is 1.72 bits per heavy atom. The first-order valence-corrected chi connectivity index (χ1v) is 11.2. The fourth-order valence-electron chi connectivity index (χ4n) is 6.20. The summed E-state index contributed by atoms with van der Waals surface area (Å²) in [5.74, 6) is 0.428. The standard InChI is InChI=1S/C26H23N3O3/c1-14-12-17-13-19(14)22-21(17)25(31)29(26(22)32)18-9-7-16(8-10-18)24(30)28-20-6-2-4-15-5-3-11-27-23(15)20/h2-11,14,17,19,21-22H,12-13H2,1H3,(H,28,30)/t14?,17-,19-,21-,22+/m0/s1. The summed E-state index contributed by atoms with van der Waals surface area (Å²) in [5.41, 5.74) is 2.36. The van der Waals surface area contributed by atoms with E-state index in [1.165, 1.54) is 4.90 Å². The highest BCUT2D eigenvalue weighted by Crippen LogP contribution is 2.58. The highest BCUT2D eigenvalue weighted by molar-refractivity contribution is 6.22. The number of benzene rings is 2. The van der Waals surface area contributed by atoms with Crippen LogP contribution < -0.4 is 10.2 Å². The third kappa shape index (κ3) is 2.72. The van der Waals surface area contributed by atoms with Gasteiger partial charge in [-0.3, -0.25) is 24.3 Å². The fourth-order valence-corrected chi connectivity index (χ4v) is 6.20. The van der Waals surface area contributed by atoms with Crippen LogP contribution >= 0.6 is 0 Å². The van der Waals surface area contributed by atoms with Crippen LogP contribution in [0.4, 0.5) is 11.4 Å². The molecule has 160 valence electrons. The molecular weight excluding hydrogens is 402 g/mol. The van der Waals surface area contributed by atoms with Crippen LogP contribution in [0.2, 0.25) is 0 Å². The summed E-state index contributed by atoms with van der Waals surface area (Å²) in [6.07, 6.45) is 3.74. The first kappa shape index (κ1) is 19.2. The lowest BCUT2D eigenvalue weighted by atomic mass is 9.76. The molecule has 2 heterocycles. The van der Waals surface area contributed by atoms with Gasteiger partial charge in [0.2, 0.25) is 11.8 Å². The Bertz CT molecular complexity index is 1260. The van der Waals surface area contributed by atoms with Gasteiger partial charge in [-0.2, -0.15) is 0 Å². The number of carbonyl (C=O) groups excluding carboxylic acids is 3. The zero-order valence-electron chi connectivity index (χ0n) is 17.7. The minimum atomic E-state index is -0.266. The Morgan fingerprint density at radius 3 is 2.53 bits per heavy atom. The van der Waals surface area contributed by atoms with E-state index in [-0.39, 0.29) is 29.6 Å². The molecule has 3 aliphatic rings. The summed E-state index contributed by atoms with van der Waals surface area (Å²) < 4.78 is 0. The number of rotatable bonds is 3. The van der Waals surface area contributed by atoms with Gasteiger partial charge in [0.1, 0.15) is 0 Å². The zero-order chi connectivity index (χ0) is 22.0.